The summed E-state index contributed by atoms with van der Waals surface area (Å²) in [5.41, 5.74) is 6.82. The summed E-state index contributed by atoms with van der Waals surface area (Å²) in [5.74, 6) is 1.46. The van der Waals surface area contributed by atoms with Gasteiger partial charge in [-0.1, -0.05) is 78.9 Å². The molecule has 1 aliphatic heterocycles. The zero-order valence-corrected chi connectivity index (χ0v) is 19.7. The largest absolute Gasteiger partial charge is 0.490 e. The number of benzene rings is 4. The molecule has 0 spiro atoms. The molecule has 2 atom stereocenters. The smallest absolute Gasteiger partial charge is 0.123 e. The number of para-hydroxylation sites is 1. The molecule has 2 unspecified atom stereocenters. The van der Waals surface area contributed by atoms with Gasteiger partial charge < -0.3 is 10.1 Å². The van der Waals surface area contributed by atoms with Gasteiger partial charge in [0.1, 0.15) is 5.75 Å². The lowest BCUT2D eigenvalue weighted by molar-refractivity contribution is 0.153. The topological polar surface area (TPSA) is 21.3 Å². The van der Waals surface area contributed by atoms with Crippen molar-refractivity contribution in [2.75, 3.05) is 6.54 Å². The molecule has 0 aliphatic carbocycles. The lowest BCUT2D eigenvalue weighted by atomic mass is 9.82. The Kier molecular flexibility index (Phi) is 6.46. The van der Waals surface area contributed by atoms with E-state index in [4.69, 9.17) is 4.74 Å². The molecule has 2 nitrogen and oxygen atoms in total. The van der Waals surface area contributed by atoms with Crippen molar-refractivity contribution in [3.63, 3.8) is 0 Å². The normalized spacial score (nSPS) is 17.5. The van der Waals surface area contributed by atoms with E-state index < -0.39 is 0 Å². The summed E-state index contributed by atoms with van der Waals surface area (Å²) in [6, 6.07) is 30.7. The summed E-state index contributed by atoms with van der Waals surface area (Å²) in [6.07, 6.45) is 3.48. The third kappa shape index (κ3) is 4.82. The van der Waals surface area contributed by atoms with Crippen molar-refractivity contribution in [1.82, 2.24) is 5.32 Å². The number of fused-ring (bicyclic) bond motifs is 2. The number of ether oxygens (including phenoxy) is 1. The Morgan fingerprint density at radius 2 is 1.67 bits per heavy atom. The van der Waals surface area contributed by atoms with E-state index in [0.29, 0.717) is 5.92 Å². The molecule has 0 amide bonds. The van der Waals surface area contributed by atoms with Crippen molar-refractivity contribution < 1.29 is 4.74 Å². The highest BCUT2D eigenvalue weighted by Gasteiger charge is 2.29. The highest BCUT2D eigenvalue weighted by molar-refractivity contribution is 5.85. The van der Waals surface area contributed by atoms with Crippen LogP contribution in [-0.2, 0) is 6.54 Å². The average Bonchev–Trinajstić information content (AvgIpc) is 2.85. The molecule has 0 saturated heterocycles. The summed E-state index contributed by atoms with van der Waals surface area (Å²) in [6.45, 7) is 6.30. The predicted molar refractivity (Wildman–Crippen MR) is 138 cm³/mol. The number of hydrogen-bond acceptors (Lipinski definition) is 2. The second kappa shape index (κ2) is 9.80. The van der Waals surface area contributed by atoms with Crippen molar-refractivity contribution in [3.05, 3.63) is 113 Å². The molecule has 0 saturated carbocycles. The maximum Gasteiger partial charge on any atom is 0.123 e. The van der Waals surface area contributed by atoms with Gasteiger partial charge in [0.25, 0.3) is 0 Å². The Labute approximate surface area is 197 Å². The van der Waals surface area contributed by atoms with Gasteiger partial charge in [0, 0.05) is 18.0 Å². The van der Waals surface area contributed by atoms with E-state index in [1.165, 1.54) is 38.6 Å². The van der Waals surface area contributed by atoms with Crippen molar-refractivity contribution >= 4 is 10.8 Å². The molecule has 0 bridgehead atoms. The standard InChI is InChI=1S/C31H33NO/c1-22-16-17-25(19-23(22)2)30-20-27(33-31-15-6-5-14-29(30)31)12-8-18-32-21-26-11-7-10-24-9-3-4-13-28(24)26/h3-7,9-11,13-17,19,27,30,32H,8,12,18,20-21H2,1-2H3. The van der Waals surface area contributed by atoms with Crippen LogP contribution in [0.3, 0.4) is 0 Å². The number of rotatable bonds is 7. The predicted octanol–water partition coefficient (Wildman–Crippen LogP) is 7.31. The third-order valence-corrected chi connectivity index (χ3v) is 7.10. The van der Waals surface area contributed by atoms with E-state index in [1.807, 2.05) is 0 Å². The fourth-order valence-electron chi connectivity index (χ4n) is 5.09. The molecular formula is C31H33NO. The average molecular weight is 436 g/mol. The molecule has 4 aromatic rings. The minimum atomic E-state index is 0.255. The van der Waals surface area contributed by atoms with E-state index in [2.05, 4.69) is 104 Å². The zero-order chi connectivity index (χ0) is 22.6. The summed E-state index contributed by atoms with van der Waals surface area (Å²) in [5, 5.41) is 6.31. The Hall–Kier alpha value is -3.10. The van der Waals surface area contributed by atoms with Crippen molar-refractivity contribution in [1.29, 1.82) is 0 Å². The molecule has 0 aromatic heterocycles. The van der Waals surface area contributed by atoms with Crippen molar-refractivity contribution in [3.8, 4) is 5.75 Å². The van der Waals surface area contributed by atoms with Gasteiger partial charge in [0.05, 0.1) is 6.10 Å². The Morgan fingerprint density at radius 1 is 0.848 bits per heavy atom. The number of aryl methyl sites for hydroxylation is 2. The van der Waals surface area contributed by atoms with E-state index in [-0.39, 0.29) is 6.10 Å². The van der Waals surface area contributed by atoms with E-state index in [9.17, 15) is 0 Å². The molecule has 0 fully saturated rings. The summed E-state index contributed by atoms with van der Waals surface area (Å²) in [4.78, 5) is 0. The lowest BCUT2D eigenvalue weighted by Gasteiger charge is -2.33. The molecular weight excluding hydrogens is 402 g/mol. The van der Waals surface area contributed by atoms with Crippen LogP contribution >= 0.6 is 0 Å². The van der Waals surface area contributed by atoms with Crippen LogP contribution in [-0.4, -0.2) is 12.6 Å². The summed E-state index contributed by atoms with van der Waals surface area (Å²) in [7, 11) is 0. The van der Waals surface area contributed by atoms with Gasteiger partial charge in [-0.2, -0.15) is 0 Å². The van der Waals surface area contributed by atoms with Crippen LogP contribution in [0, 0.1) is 13.8 Å². The Morgan fingerprint density at radius 3 is 2.58 bits per heavy atom. The first-order valence-corrected chi connectivity index (χ1v) is 12.2. The molecule has 1 aliphatic rings. The van der Waals surface area contributed by atoms with Gasteiger partial charge in [-0.05, 0) is 78.7 Å². The van der Waals surface area contributed by atoms with Crippen LogP contribution in [0.2, 0.25) is 0 Å². The minimum Gasteiger partial charge on any atom is -0.490 e. The quantitative estimate of drug-likeness (QED) is 0.307. The van der Waals surface area contributed by atoms with Crippen LogP contribution in [0.5, 0.6) is 5.75 Å². The SMILES string of the molecule is Cc1ccc(C2CC(CCCNCc3cccc4ccccc34)Oc3ccccc32)cc1C. The molecule has 168 valence electrons. The van der Waals surface area contributed by atoms with Crippen LogP contribution in [0.1, 0.15) is 53.0 Å². The van der Waals surface area contributed by atoms with E-state index in [0.717, 1.165) is 38.1 Å². The van der Waals surface area contributed by atoms with Crippen LogP contribution in [0.4, 0.5) is 0 Å². The fourth-order valence-corrected chi connectivity index (χ4v) is 5.09. The van der Waals surface area contributed by atoms with Gasteiger partial charge >= 0.3 is 0 Å². The maximum absolute atomic E-state index is 6.43. The maximum atomic E-state index is 6.43. The first-order chi connectivity index (χ1) is 16.2. The van der Waals surface area contributed by atoms with Gasteiger partial charge in [-0.15, -0.1) is 0 Å². The fraction of sp³-hybridized carbons (Fsp3) is 0.290. The molecule has 1 N–H and O–H groups in total. The van der Waals surface area contributed by atoms with Crippen LogP contribution in [0.15, 0.2) is 84.9 Å². The van der Waals surface area contributed by atoms with E-state index in [1.54, 1.807) is 0 Å². The van der Waals surface area contributed by atoms with Crippen LogP contribution in [0.25, 0.3) is 10.8 Å². The number of nitrogens with one attached hydrogen (secondary N) is 1. The second-order valence-corrected chi connectivity index (χ2v) is 9.37. The highest BCUT2D eigenvalue weighted by Crippen LogP contribution is 2.41. The molecule has 0 radical (unpaired) electrons. The van der Waals surface area contributed by atoms with Gasteiger partial charge in [-0.3, -0.25) is 0 Å². The molecule has 33 heavy (non-hydrogen) atoms. The number of hydrogen-bond donors (Lipinski definition) is 1. The third-order valence-electron chi connectivity index (χ3n) is 7.10. The first-order valence-electron chi connectivity index (χ1n) is 12.2. The zero-order valence-electron chi connectivity index (χ0n) is 19.7. The molecule has 5 rings (SSSR count). The van der Waals surface area contributed by atoms with Crippen molar-refractivity contribution in [2.24, 2.45) is 0 Å². The molecule has 1 heterocycles. The summed E-state index contributed by atoms with van der Waals surface area (Å²) >= 11 is 0. The highest BCUT2D eigenvalue weighted by atomic mass is 16.5. The molecule has 4 aromatic carbocycles. The Balaban J connectivity index is 1.21. The van der Waals surface area contributed by atoms with E-state index >= 15 is 0 Å². The van der Waals surface area contributed by atoms with Gasteiger partial charge in [0.2, 0.25) is 0 Å². The lowest BCUT2D eigenvalue weighted by Crippen LogP contribution is -2.27. The van der Waals surface area contributed by atoms with Gasteiger partial charge in [-0.25, -0.2) is 0 Å². The summed E-state index contributed by atoms with van der Waals surface area (Å²) < 4.78 is 6.43. The van der Waals surface area contributed by atoms with Gasteiger partial charge in [0.15, 0.2) is 0 Å². The second-order valence-electron chi connectivity index (χ2n) is 9.37. The Bertz CT molecular complexity index is 1240. The van der Waals surface area contributed by atoms with Crippen molar-refractivity contribution in [2.45, 2.75) is 51.7 Å². The monoisotopic (exact) mass is 435 g/mol. The minimum absolute atomic E-state index is 0.255. The first kappa shape index (κ1) is 21.7. The molecule has 2 heteroatoms. The van der Waals surface area contributed by atoms with Crippen LogP contribution < -0.4 is 10.1 Å².